The zero-order chi connectivity index (χ0) is 13.5. The Hall–Kier alpha value is -2.24. The van der Waals surface area contributed by atoms with Gasteiger partial charge in [0.1, 0.15) is 18.2 Å². The van der Waals surface area contributed by atoms with Gasteiger partial charge in [-0.05, 0) is 26.0 Å². The van der Waals surface area contributed by atoms with Gasteiger partial charge in [0.2, 0.25) is 0 Å². The predicted octanol–water partition coefficient (Wildman–Crippen LogP) is 1.96. The Morgan fingerprint density at radius 2 is 2.22 bits per heavy atom. The molecule has 0 atom stereocenters. The lowest BCUT2D eigenvalue weighted by atomic mass is 10.3. The summed E-state index contributed by atoms with van der Waals surface area (Å²) in [5.41, 5.74) is 5.74. The van der Waals surface area contributed by atoms with Crippen LogP contribution in [-0.2, 0) is 4.74 Å². The molecule has 0 aliphatic carbocycles. The molecule has 0 aliphatic heterocycles. The van der Waals surface area contributed by atoms with Gasteiger partial charge < -0.3 is 15.2 Å². The van der Waals surface area contributed by atoms with Gasteiger partial charge >= 0.3 is 6.09 Å². The minimum atomic E-state index is -0.520. The summed E-state index contributed by atoms with van der Waals surface area (Å²) in [7, 11) is 0. The summed E-state index contributed by atoms with van der Waals surface area (Å²) in [6, 6.07) is 6.77. The summed E-state index contributed by atoms with van der Waals surface area (Å²) in [4.78, 5) is 11.4. The molecule has 98 valence electrons. The van der Waals surface area contributed by atoms with Crippen molar-refractivity contribution in [3.63, 3.8) is 0 Å². The number of hydrogen-bond donors (Lipinski definition) is 3. The molecule has 0 heterocycles. The fourth-order valence-electron chi connectivity index (χ4n) is 1.19. The van der Waals surface area contributed by atoms with Crippen LogP contribution in [0.1, 0.15) is 13.8 Å². The minimum Gasteiger partial charge on any atom is -0.486 e. The standard InChI is InChI=1S/C12H17N3O3/c1-8(2)18-12(16)15-9-4-3-5-10(6-9)17-7-11(13)14/h3-6,8H,7H2,1-2H3,(H3,13,14)(H,15,16). The van der Waals surface area contributed by atoms with Crippen molar-refractivity contribution in [1.82, 2.24) is 0 Å². The van der Waals surface area contributed by atoms with Crippen molar-refractivity contribution >= 4 is 17.6 Å². The third-order valence-corrected chi connectivity index (χ3v) is 1.82. The molecule has 0 saturated carbocycles. The van der Waals surface area contributed by atoms with E-state index in [2.05, 4.69) is 5.32 Å². The molecular formula is C12H17N3O3. The highest BCUT2D eigenvalue weighted by Gasteiger charge is 2.06. The van der Waals surface area contributed by atoms with Gasteiger partial charge in [-0.1, -0.05) is 6.07 Å². The topological polar surface area (TPSA) is 97.4 Å². The number of amidine groups is 1. The molecule has 0 saturated heterocycles. The first-order chi connectivity index (χ1) is 8.47. The van der Waals surface area contributed by atoms with Crippen LogP contribution in [-0.4, -0.2) is 24.6 Å². The molecule has 6 heteroatoms. The van der Waals surface area contributed by atoms with Crippen molar-refractivity contribution in [2.75, 3.05) is 11.9 Å². The van der Waals surface area contributed by atoms with Gasteiger partial charge in [0.05, 0.1) is 6.10 Å². The largest absolute Gasteiger partial charge is 0.486 e. The molecule has 18 heavy (non-hydrogen) atoms. The molecule has 1 amide bonds. The van der Waals surface area contributed by atoms with Crippen molar-refractivity contribution in [3.05, 3.63) is 24.3 Å². The average molecular weight is 251 g/mol. The van der Waals surface area contributed by atoms with E-state index in [0.29, 0.717) is 11.4 Å². The first-order valence-electron chi connectivity index (χ1n) is 5.51. The third kappa shape index (κ3) is 5.20. The maximum absolute atomic E-state index is 11.4. The fraction of sp³-hybridized carbons (Fsp3) is 0.333. The second-order valence-electron chi connectivity index (χ2n) is 3.92. The molecule has 0 bridgehead atoms. The smallest absolute Gasteiger partial charge is 0.411 e. The zero-order valence-corrected chi connectivity index (χ0v) is 10.4. The van der Waals surface area contributed by atoms with Crippen molar-refractivity contribution < 1.29 is 14.3 Å². The van der Waals surface area contributed by atoms with E-state index in [1.54, 1.807) is 38.1 Å². The van der Waals surface area contributed by atoms with Crippen LogP contribution >= 0.6 is 0 Å². The van der Waals surface area contributed by atoms with E-state index < -0.39 is 6.09 Å². The van der Waals surface area contributed by atoms with E-state index in [9.17, 15) is 4.79 Å². The van der Waals surface area contributed by atoms with Gasteiger partial charge in [0.25, 0.3) is 0 Å². The number of nitrogens with two attached hydrogens (primary N) is 1. The van der Waals surface area contributed by atoms with Crippen LogP contribution in [0.5, 0.6) is 5.75 Å². The molecule has 0 unspecified atom stereocenters. The van der Waals surface area contributed by atoms with E-state index in [0.717, 1.165) is 0 Å². The number of ether oxygens (including phenoxy) is 2. The number of rotatable bonds is 5. The van der Waals surface area contributed by atoms with Gasteiger partial charge in [0.15, 0.2) is 0 Å². The van der Waals surface area contributed by atoms with E-state index in [1.165, 1.54) is 0 Å². The normalized spacial score (nSPS) is 9.94. The van der Waals surface area contributed by atoms with E-state index in [-0.39, 0.29) is 18.5 Å². The first kappa shape index (κ1) is 13.8. The summed E-state index contributed by atoms with van der Waals surface area (Å²) in [5, 5.41) is 9.63. The Morgan fingerprint density at radius 3 is 2.83 bits per heavy atom. The predicted molar refractivity (Wildman–Crippen MR) is 69.1 cm³/mol. The lowest BCUT2D eigenvalue weighted by Gasteiger charge is -2.10. The monoisotopic (exact) mass is 251 g/mol. The number of nitrogens with one attached hydrogen (secondary N) is 2. The van der Waals surface area contributed by atoms with Crippen molar-refractivity contribution in [1.29, 1.82) is 5.41 Å². The van der Waals surface area contributed by atoms with Gasteiger partial charge in [-0.3, -0.25) is 10.7 Å². The van der Waals surface area contributed by atoms with E-state index in [1.807, 2.05) is 0 Å². The Morgan fingerprint density at radius 1 is 1.50 bits per heavy atom. The SMILES string of the molecule is CC(C)OC(=O)Nc1cccc(OCC(=N)N)c1. The molecule has 1 aromatic carbocycles. The lowest BCUT2D eigenvalue weighted by molar-refractivity contribution is 0.130. The first-order valence-corrected chi connectivity index (χ1v) is 5.51. The number of benzene rings is 1. The summed E-state index contributed by atoms with van der Waals surface area (Å²) in [6.07, 6.45) is -0.698. The molecule has 4 N–H and O–H groups in total. The highest BCUT2D eigenvalue weighted by atomic mass is 16.6. The van der Waals surface area contributed by atoms with Crippen LogP contribution in [0, 0.1) is 5.41 Å². The number of carbonyl (C=O) groups is 1. The molecule has 0 fully saturated rings. The average Bonchev–Trinajstić information content (AvgIpc) is 2.25. The van der Waals surface area contributed by atoms with Crippen LogP contribution in [0.25, 0.3) is 0 Å². The van der Waals surface area contributed by atoms with Crippen LogP contribution in [0.15, 0.2) is 24.3 Å². The quantitative estimate of drug-likeness (QED) is 0.550. The van der Waals surface area contributed by atoms with Crippen LogP contribution in [0.4, 0.5) is 10.5 Å². The zero-order valence-electron chi connectivity index (χ0n) is 10.4. The number of amides is 1. The summed E-state index contributed by atoms with van der Waals surface area (Å²) in [6.45, 7) is 3.55. The number of anilines is 1. The van der Waals surface area contributed by atoms with Gasteiger partial charge in [-0.2, -0.15) is 0 Å². The Balaban J connectivity index is 2.59. The Labute approximate surface area is 106 Å². The minimum absolute atomic E-state index is 0.0138. The van der Waals surface area contributed by atoms with Gasteiger partial charge in [0, 0.05) is 11.8 Å². The van der Waals surface area contributed by atoms with Crippen molar-refractivity contribution in [2.24, 2.45) is 5.73 Å². The highest BCUT2D eigenvalue weighted by Crippen LogP contribution is 2.17. The Kier molecular flexibility index (Phi) is 4.98. The van der Waals surface area contributed by atoms with Crippen LogP contribution in [0.2, 0.25) is 0 Å². The summed E-state index contributed by atoms with van der Waals surface area (Å²) < 4.78 is 10.2. The second kappa shape index (κ2) is 6.48. The molecule has 0 aromatic heterocycles. The van der Waals surface area contributed by atoms with Gasteiger partial charge in [-0.25, -0.2) is 4.79 Å². The van der Waals surface area contributed by atoms with Crippen molar-refractivity contribution in [3.8, 4) is 5.75 Å². The van der Waals surface area contributed by atoms with Crippen LogP contribution in [0.3, 0.4) is 0 Å². The second-order valence-corrected chi connectivity index (χ2v) is 3.92. The number of hydrogen-bond acceptors (Lipinski definition) is 4. The lowest BCUT2D eigenvalue weighted by Crippen LogP contribution is -2.19. The molecule has 0 radical (unpaired) electrons. The van der Waals surface area contributed by atoms with Crippen LogP contribution < -0.4 is 15.8 Å². The maximum atomic E-state index is 11.4. The van der Waals surface area contributed by atoms with Gasteiger partial charge in [-0.15, -0.1) is 0 Å². The fourth-order valence-corrected chi connectivity index (χ4v) is 1.19. The number of carbonyl (C=O) groups excluding carboxylic acids is 1. The van der Waals surface area contributed by atoms with Crippen molar-refractivity contribution in [2.45, 2.75) is 20.0 Å². The maximum Gasteiger partial charge on any atom is 0.411 e. The van der Waals surface area contributed by atoms with E-state index in [4.69, 9.17) is 20.6 Å². The molecule has 0 aliphatic rings. The Bertz CT molecular complexity index is 432. The highest BCUT2D eigenvalue weighted by molar-refractivity contribution is 5.85. The third-order valence-electron chi connectivity index (χ3n) is 1.82. The summed E-state index contributed by atoms with van der Waals surface area (Å²) in [5.74, 6) is 0.458. The molecule has 1 aromatic rings. The molecular weight excluding hydrogens is 234 g/mol. The summed E-state index contributed by atoms with van der Waals surface area (Å²) >= 11 is 0. The molecule has 1 rings (SSSR count). The molecule has 6 nitrogen and oxygen atoms in total. The molecule has 0 spiro atoms. The van der Waals surface area contributed by atoms with E-state index >= 15 is 0 Å².